The summed E-state index contributed by atoms with van der Waals surface area (Å²) in [6, 6.07) is 0. The summed E-state index contributed by atoms with van der Waals surface area (Å²) in [6.45, 7) is 0. The summed E-state index contributed by atoms with van der Waals surface area (Å²) in [7, 11) is 0. The van der Waals surface area contributed by atoms with Crippen LogP contribution in [0.2, 0.25) is 0 Å². The summed E-state index contributed by atoms with van der Waals surface area (Å²) >= 11 is 0. The van der Waals surface area contributed by atoms with Crippen LogP contribution < -0.4 is 0 Å². The zero-order chi connectivity index (χ0) is 0. The maximum Gasteiger partial charge on any atom is 2.00 e. The molecule has 0 unspecified atom stereocenters. The Balaban J connectivity index is 0. The van der Waals surface area contributed by atoms with Gasteiger partial charge in [0.1, 0.15) is 0 Å². The summed E-state index contributed by atoms with van der Waals surface area (Å²) in [4.78, 5) is 0. The van der Waals surface area contributed by atoms with E-state index in [1.807, 2.05) is 0 Å². The zero-order valence-corrected chi connectivity index (χ0v) is 8.21. The van der Waals surface area contributed by atoms with Gasteiger partial charge in [0.2, 0.25) is 0 Å². The van der Waals surface area contributed by atoms with Crippen LogP contribution in [0.25, 0.3) is 0 Å². The second kappa shape index (κ2) is 18.9. The summed E-state index contributed by atoms with van der Waals surface area (Å²) in [5.41, 5.74) is 0. The van der Waals surface area contributed by atoms with Crippen LogP contribution in [0.1, 0.15) is 2.85 Å². The molecule has 0 amide bonds. The Labute approximate surface area is 82.9 Å². The van der Waals surface area contributed by atoms with E-state index in [0.717, 1.165) is 0 Å². The summed E-state index contributed by atoms with van der Waals surface area (Å²) < 4.78 is 0. The minimum atomic E-state index is 0. The second-order valence-corrected chi connectivity index (χ2v) is 0. The van der Waals surface area contributed by atoms with Gasteiger partial charge in [-0.1, -0.05) is 0 Å². The van der Waals surface area contributed by atoms with Crippen molar-refractivity contribution in [3.05, 3.63) is 0 Å². The van der Waals surface area contributed by atoms with Crippen LogP contribution in [-0.4, -0.2) is 59.8 Å². The molecule has 0 heterocycles. The van der Waals surface area contributed by atoms with Crippen molar-refractivity contribution in [2.24, 2.45) is 0 Å². The molecular weight excluding hydrogens is 217 g/mol. The van der Waals surface area contributed by atoms with Crippen LogP contribution in [0, 0.1) is 0 Å². The summed E-state index contributed by atoms with van der Waals surface area (Å²) in [6.07, 6.45) is 0. The van der Waals surface area contributed by atoms with Gasteiger partial charge in [-0.2, -0.15) is 0 Å². The average molecular weight is 223 g/mol. The van der Waals surface area contributed by atoms with Crippen LogP contribution in [0.3, 0.4) is 0 Å². The molecule has 0 aromatic rings. The third kappa shape index (κ3) is 8.88. The van der Waals surface area contributed by atoms with Gasteiger partial charge in [0.25, 0.3) is 0 Å². The summed E-state index contributed by atoms with van der Waals surface area (Å²) in [5, 5.41) is 0. The van der Waals surface area contributed by atoms with Crippen molar-refractivity contribution in [1.29, 1.82) is 0 Å². The molecule has 0 saturated heterocycles. The number of hydrogen-bond acceptors (Lipinski definition) is 0. The molecule has 0 rings (SSSR count). The van der Waals surface area contributed by atoms with Gasteiger partial charge >= 0.3 is 48.9 Å². The van der Waals surface area contributed by atoms with E-state index >= 15 is 0 Å². The fraction of sp³-hybridized carbons (Fsp3) is 0. The van der Waals surface area contributed by atoms with Gasteiger partial charge in [0, 0.05) is 21.7 Å². The van der Waals surface area contributed by atoms with Gasteiger partial charge in [-0.3, -0.25) is 0 Å². The Morgan fingerprint density at radius 3 is 1.00 bits per heavy atom. The SMILES string of the molecule is O.O.[Ba+2].[H-].[H-].[Ti]. The second-order valence-electron chi connectivity index (χ2n) is 0. The van der Waals surface area contributed by atoms with Crippen molar-refractivity contribution in [3.63, 3.8) is 0 Å². The summed E-state index contributed by atoms with van der Waals surface area (Å²) in [5.74, 6) is 0. The van der Waals surface area contributed by atoms with E-state index in [9.17, 15) is 0 Å². The number of hydrogen-bond donors (Lipinski definition) is 0. The van der Waals surface area contributed by atoms with E-state index in [-0.39, 0.29) is 84.4 Å². The molecule has 4 heteroatoms. The fourth-order valence-electron chi connectivity index (χ4n) is 0. The third-order valence-electron chi connectivity index (χ3n) is 0. The van der Waals surface area contributed by atoms with Gasteiger partial charge in [-0.15, -0.1) is 0 Å². The molecule has 0 radical (unpaired) electrons. The van der Waals surface area contributed by atoms with Crippen molar-refractivity contribution in [3.8, 4) is 0 Å². The van der Waals surface area contributed by atoms with Crippen LogP contribution in [-0.2, 0) is 21.7 Å². The molecule has 4 heavy (non-hydrogen) atoms. The smallest absolute Gasteiger partial charge is 1.00 e. The van der Waals surface area contributed by atoms with Crippen molar-refractivity contribution in [2.75, 3.05) is 0 Å². The maximum atomic E-state index is 0. The molecule has 24 valence electrons. The average Bonchev–Trinajstić information content (AvgIpc) is 0. The van der Waals surface area contributed by atoms with Crippen molar-refractivity contribution >= 4 is 48.9 Å². The molecule has 0 aliphatic heterocycles. The predicted molar refractivity (Wildman–Crippen MR) is 15.2 cm³/mol. The molecule has 0 spiro atoms. The van der Waals surface area contributed by atoms with Crippen LogP contribution in [0.5, 0.6) is 0 Å². The van der Waals surface area contributed by atoms with E-state index in [0.29, 0.717) is 0 Å². The molecule has 2 nitrogen and oxygen atoms in total. The Hall–Kier alpha value is 2.21. The van der Waals surface area contributed by atoms with Gasteiger partial charge in [0.15, 0.2) is 0 Å². The van der Waals surface area contributed by atoms with E-state index in [2.05, 4.69) is 0 Å². The van der Waals surface area contributed by atoms with E-state index < -0.39 is 0 Å². The first-order valence-electron chi connectivity index (χ1n) is 0. The Morgan fingerprint density at radius 2 is 1.00 bits per heavy atom. The molecule has 0 aliphatic rings. The molecule has 0 aromatic carbocycles. The predicted octanol–water partition coefficient (Wildman–Crippen LogP) is -1.81. The monoisotopic (exact) mass is 224 g/mol. The molecule has 0 saturated carbocycles. The van der Waals surface area contributed by atoms with Gasteiger partial charge < -0.3 is 13.8 Å². The molecule has 0 atom stereocenters. The van der Waals surface area contributed by atoms with Crippen molar-refractivity contribution in [1.82, 2.24) is 0 Å². The topological polar surface area (TPSA) is 63.0 Å². The molecule has 0 aliphatic carbocycles. The van der Waals surface area contributed by atoms with Crippen LogP contribution in [0.4, 0.5) is 0 Å². The largest absolute Gasteiger partial charge is 2.00 e. The van der Waals surface area contributed by atoms with Gasteiger partial charge in [-0.05, 0) is 0 Å². The van der Waals surface area contributed by atoms with Crippen LogP contribution >= 0.6 is 0 Å². The van der Waals surface area contributed by atoms with E-state index in [1.165, 1.54) is 0 Å². The molecule has 0 bridgehead atoms. The quantitative estimate of drug-likeness (QED) is 0.435. The maximum absolute atomic E-state index is 0. The molecular formula is H6BaO2Ti. The Bertz CT molecular complexity index is 11.5. The standard InChI is InChI=1S/Ba.2H2O.Ti.2H/h;2*1H2;;;/q+2;;;;2*-1. The number of rotatable bonds is 0. The first kappa shape index (κ1) is 34.6. The molecule has 0 fully saturated rings. The third-order valence-corrected chi connectivity index (χ3v) is 0. The first-order valence-corrected chi connectivity index (χ1v) is 0. The van der Waals surface area contributed by atoms with Gasteiger partial charge in [0.05, 0.1) is 0 Å². The minimum Gasteiger partial charge on any atom is -1.00 e. The Morgan fingerprint density at radius 1 is 1.00 bits per heavy atom. The van der Waals surface area contributed by atoms with E-state index in [4.69, 9.17) is 0 Å². The molecule has 0 aromatic heterocycles. The van der Waals surface area contributed by atoms with Crippen molar-refractivity contribution in [2.45, 2.75) is 0 Å². The van der Waals surface area contributed by atoms with Crippen LogP contribution in [0.15, 0.2) is 0 Å². The fourth-order valence-corrected chi connectivity index (χ4v) is 0. The minimum absolute atomic E-state index is 0. The normalized spacial score (nSPS) is 0. The van der Waals surface area contributed by atoms with Gasteiger partial charge in [-0.25, -0.2) is 0 Å². The van der Waals surface area contributed by atoms with E-state index in [1.54, 1.807) is 0 Å². The first-order chi connectivity index (χ1) is 0. The van der Waals surface area contributed by atoms with Crippen molar-refractivity contribution < 1.29 is 35.5 Å². The zero-order valence-electron chi connectivity index (χ0n) is 4.21. The molecule has 4 N–H and O–H groups in total. The Kier molecular flexibility index (Phi) is 164.